The first-order chi connectivity index (χ1) is 8.03. The van der Waals surface area contributed by atoms with Gasteiger partial charge in [0.05, 0.1) is 6.04 Å². The molecule has 0 N–H and O–H groups in total. The zero-order valence-electron chi connectivity index (χ0n) is 9.14. The molecule has 0 aromatic carbocycles. The van der Waals surface area contributed by atoms with Gasteiger partial charge in [0.1, 0.15) is 0 Å². The van der Waals surface area contributed by atoms with Crippen LogP contribution in [0.5, 0.6) is 0 Å². The van der Waals surface area contributed by atoms with Crippen LogP contribution < -0.4 is 0 Å². The minimum absolute atomic E-state index is 0.0718. The van der Waals surface area contributed by atoms with E-state index in [9.17, 15) is 31.1 Å². The molecule has 2 nitrogen and oxygen atoms in total. The number of hydrogen-bond donors (Lipinski definition) is 0. The molecule has 2 bridgehead atoms. The van der Waals surface area contributed by atoms with Crippen molar-refractivity contribution in [3.63, 3.8) is 0 Å². The number of carbonyl (C=O) groups excluding carboxylic acids is 1. The van der Waals surface area contributed by atoms with Crippen LogP contribution in [-0.4, -0.2) is 34.7 Å². The van der Waals surface area contributed by atoms with Crippen molar-refractivity contribution in [2.45, 2.75) is 37.3 Å². The molecule has 0 aromatic heterocycles. The highest BCUT2D eigenvalue weighted by Crippen LogP contribution is 2.60. The van der Waals surface area contributed by atoms with E-state index in [1.54, 1.807) is 0 Å². The Balaban J connectivity index is 2.66. The minimum atomic E-state index is -5.55. The molecule has 0 aromatic rings. The number of hydrogen-bond acceptors (Lipinski definition) is 1. The summed E-state index contributed by atoms with van der Waals surface area (Å²) in [4.78, 5) is 11.2. The second kappa shape index (κ2) is 3.42. The molecule has 0 spiro atoms. The molecule has 0 saturated carbocycles. The van der Waals surface area contributed by atoms with Crippen LogP contribution in [0.2, 0.25) is 0 Å². The van der Waals surface area contributed by atoms with Crippen LogP contribution in [0.25, 0.3) is 0 Å². The average Bonchev–Trinajstić information content (AvgIpc) is 2.70. The number of amides is 1. The first-order valence-corrected chi connectivity index (χ1v) is 5.15. The molecule has 1 aliphatic heterocycles. The van der Waals surface area contributed by atoms with Crippen LogP contribution >= 0.6 is 0 Å². The third-order valence-corrected chi connectivity index (χ3v) is 3.51. The third kappa shape index (κ3) is 1.34. The zero-order chi connectivity index (χ0) is 13.9. The molecule has 18 heavy (non-hydrogen) atoms. The lowest BCUT2D eigenvalue weighted by Crippen LogP contribution is -2.70. The van der Waals surface area contributed by atoms with E-state index in [1.165, 1.54) is 6.08 Å². The number of halogens is 6. The quantitative estimate of drug-likeness (QED) is 0.491. The smallest absolute Gasteiger partial charge is 0.314 e. The second-order valence-corrected chi connectivity index (χ2v) is 4.45. The Kier molecular flexibility index (Phi) is 2.51. The molecular weight excluding hydrogens is 264 g/mol. The van der Waals surface area contributed by atoms with Gasteiger partial charge >= 0.3 is 12.4 Å². The van der Waals surface area contributed by atoms with E-state index in [0.29, 0.717) is 0 Å². The monoisotopic (exact) mass is 273 g/mol. The fourth-order valence-electron chi connectivity index (χ4n) is 2.96. The van der Waals surface area contributed by atoms with E-state index in [1.807, 2.05) is 0 Å². The molecule has 0 radical (unpaired) electrons. The molecule has 8 heteroatoms. The van der Waals surface area contributed by atoms with Crippen molar-refractivity contribution in [2.75, 3.05) is 0 Å². The lowest BCUT2D eigenvalue weighted by Gasteiger charge is -2.45. The Morgan fingerprint density at radius 2 is 1.67 bits per heavy atom. The molecule has 102 valence electrons. The van der Waals surface area contributed by atoms with Gasteiger partial charge in [0.25, 0.3) is 0 Å². The molecule has 1 saturated heterocycles. The van der Waals surface area contributed by atoms with Crippen molar-refractivity contribution in [1.29, 1.82) is 0 Å². The summed E-state index contributed by atoms with van der Waals surface area (Å²) in [6.07, 6.45) is -9.31. The average molecular weight is 273 g/mol. The van der Waals surface area contributed by atoms with Gasteiger partial charge in [-0.05, 0) is 6.42 Å². The predicted octanol–water partition coefficient (Wildman–Crippen LogP) is 2.66. The molecular formula is C10H9F6NO. The van der Waals surface area contributed by atoms with Crippen molar-refractivity contribution in [3.8, 4) is 0 Å². The topological polar surface area (TPSA) is 20.3 Å². The van der Waals surface area contributed by atoms with Crippen LogP contribution in [0.3, 0.4) is 0 Å². The van der Waals surface area contributed by atoms with E-state index < -0.39 is 35.8 Å². The highest BCUT2D eigenvalue weighted by molar-refractivity contribution is 5.76. The van der Waals surface area contributed by atoms with E-state index in [2.05, 4.69) is 0 Å². The molecule has 2 aliphatic rings. The number of fused-ring (bicyclic) bond motifs is 2. The van der Waals surface area contributed by atoms with Gasteiger partial charge < -0.3 is 4.90 Å². The maximum Gasteiger partial charge on any atom is 0.421 e. The van der Waals surface area contributed by atoms with Gasteiger partial charge in [0.2, 0.25) is 11.4 Å². The SMILES string of the molecule is CC(=O)N1[C@H]2C=C[C@H](C2)C1(C(F)(F)F)C(F)(F)F. The Morgan fingerprint density at radius 3 is 2.00 bits per heavy atom. The fraction of sp³-hybridized carbons (Fsp3) is 0.700. The number of rotatable bonds is 0. The maximum absolute atomic E-state index is 13.0. The normalized spacial score (nSPS) is 30.1. The Bertz CT molecular complexity index is 396. The van der Waals surface area contributed by atoms with Crippen molar-refractivity contribution in [2.24, 2.45) is 5.92 Å². The molecule has 1 fully saturated rings. The molecule has 2 atom stereocenters. The van der Waals surface area contributed by atoms with E-state index in [-0.39, 0.29) is 11.3 Å². The molecule has 1 amide bonds. The predicted molar refractivity (Wildman–Crippen MR) is 48.4 cm³/mol. The first-order valence-electron chi connectivity index (χ1n) is 5.15. The van der Waals surface area contributed by atoms with E-state index in [4.69, 9.17) is 0 Å². The summed E-state index contributed by atoms with van der Waals surface area (Å²) >= 11 is 0. The van der Waals surface area contributed by atoms with Gasteiger partial charge in [0, 0.05) is 12.8 Å². The van der Waals surface area contributed by atoms with Crippen molar-refractivity contribution < 1.29 is 31.1 Å². The molecule has 2 rings (SSSR count). The number of likely N-dealkylation sites (tertiary alicyclic amines) is 1. The third-order valence-electron chi connectivity index (χ3n) is 3.51. The van der Waals surface area contributed by atoms with E-state index >= 15 is 0 Å². The van der Waals surface area contributed by atoms with Crippen LogP contribution in [0, 0.1) is 5.92 Å². The van der Waals surface area contributed by atoms with Crippen LogP contribution in [0.1, 0.15) is 13.3 Å². The highest BCUT2D eigenvalue weighted by Gasteiger charge is 2.81. The summed E-state index contributed by atoms with van der Waals surface area (Å²) in [5, 5.41) is 0. The summed E-state index contributed by atoms with van der Waals surface area (Å²) in [5.74, 6) is -2.98. The van der Waals surface area contributed by atoms with Crippen LogP contribution in [0.4, 0.5) is 26.3 Å². The fourth-order valence-corrected chi connectivity index (χ4v) is 2.96. The van der Waals surface area contributed by atoms with Gasteiger partial charge in [-0.3, -0.25) is 4.79 Å². The van der Waals surface area contributed by atoms with Gasteiger partial charge in [-0.2, -0.15) is 26.3 Å². The summed E-state index contributed by atoms with van der Waals surface area (Å²) < 4.78 is 78.2. The Hall–Kier alpha value is -1.21. The van der Waals surface area contributed by atoms with E-state index in [0.717, 1.165) is 13.0 Å². The summed E-state index contributed by atoms with van der Waals surface area (Å²) in [7, 11) is 0. The van der Waals surface area contributed by atoms with Gasteiger partial charge in [-0.1, -0.05) is 12.2 Å². The molecule has 1 aliphatic carbocycles. The first kappa shape index (κ1) is 13.2. The standard InChI is InChI=1S/C10H9F6NO/c1-5(18)17-7-3-2-6(4-7)8(17,9(11,12)13)10(14,15)16/h2-3,6-7H,4H2,1H3/t6-,7+/m1/s1. The lowest BCUT2D eigenvalue weighted by molar-refractivity contribution is -0.338. The van der Waals surface area contributed by atoms with Gasteiger partial charge in [-0.15, -0.1) is 0 Å². The zero-order valence-corrected chi connectivity index (χ0v) is 9.14. The maximum atomic E-state index is 13.0. The van der Waals surface area contributed by atoms with Crippen molar-refractivity contribution >= 4 is 5.91 Å². The van der Waals surface area contributed by atoms with Crippen molar-refractivity contribution in [3.05, 3.63) is 12.2 Å². The lowest BCUT2D eigenvalue weighted by atomic mass is 9.83. The highest BCUT2D eigenvalue weighted by atomic mass is 19.4. The number of carbonyl (C=O) groups is 1. The number of nitrogens with zero attached hydrogens (tertiary/aromatic N) is 1. The summed E-state index contributed by atoms with van der Waals surface area (Å²) in [6, 6.07) is -1.13. The van der Waals surface area contributed by atoms with Gasteiger partial charge in [-0.25, -0.2) is 0 Å². The molecule has 1 heterocycles. The Morgan fingerprint density at radius 1 is 1.17 bits per heavy atom. The molecule has 0 unspecified atom stereocenters. The van der Waals surface area contributed by atoms with Crippen LogP contribution in [-0.2, 0) is 4.79 Å². The summed E-state index contributed by atoms with van der Waals surface area (Å²) in [5.41, 5.74) is -4.08. The van der Waals surface area contributed by atoms with Crippen molar-refractivity contribution in [1.82, 2.24) is 4.90 Å². The number of alkyl halides is 6. The largest absolute Gasteiger partial charge is 0.421 e. The Labute approximate surface area is 98.2 Å². The second-order valence-electron chi connectivity index (χ2n) is 4.45. The van der Waals surface area contributed by atoms with Crippen LogP contribution in [0.15, 0.2) is 12.2 Å². The summed E-state index contributed by atoms with van der Waals surface area (Å²) in [6.45, 7) is 0.723. The van der Waals surface area contributed by atoms with Gasteiger partial charge in [0.15, 0.2) is 0 Å². The minimum Gasteiger partial charge on any atom is -0.314 e.